The largest absolute Gasteiger partial charge is 0.378 e. The van der Waals surface area contributed by atoms with Gasteiger partial charge in [0.15, 0.2) is 0 Å². The van der Waals surface area contributed by atoms with Crippen molar-refractivity contribution in [1.29, 1.82) is 0 Å². The molecule has 8 nitrogen and oxygen atoms in total. The standard InChI is InChI=1S/C13H24N6O2/c1-4-19(5-2)12-17-10(14)16-11(18-12)15-8-13(20-3)6-7-21-9-13/h4-9H2,1-3H3,(H3,14,15,16,17,18). The van der Waals surface area contributed by atoms with E-state index in [0.717, 1.165) is 19.5 Å². The SMILES string of the molecule is CCN(CC)c1nc(N)nc(NCC2(OC)CCOC2)n1. The maximum Gasteiger partial charge on any atom is 0.231 e. The monoisotopic (exact) mass is 296 g/mol. The molecule has 3 N–H and O–H groups in total. The van der Waals surface area contributed by atoms with Gasteiger partial charge in [-0.1, -0.05) is 0 Å². The Morgan fingerprint density at radius 1 is 1.33 bits per heavy atom. The highest BCUT2D eigenvalue weighted by Crippen LogP contribution is 2.23. The topological polar surface area (TPSA) is 98.4 Å². The summed E-state index contributed by atoms with van der Waals surface area (Å²) in [6.07, 6.45) is 0.847. The zero-order valence-corrected chi connectivity index (χ0v) is 12.9. The molecule has 118 valence electrons. The molecule has 1 aliphatic rings. The average molecular weight is 296 g/mol. The molecule has 0 amide bonds. The first-order valence-electron chi connectivity index (χ1n) is 7.25. The van der Waals surface area contributed by atoms with E-state index in [9.17, 15) is 0 Å². The molecule has 1 saturated heterocycles. The maximum absolute atomic E-state index is 5.77. The van der Waals surface area contributed by atoms with Crippen molar-refractivity contribution in [1.82, 2.24) is 15.0 Å². The van der Waals surface area contributed by atoms with Crippen molar-refractivity contribution in [2.45, 2.75) is 25.9 Å². The molecule has 1 aliphatic heterocycles. The summed E-state index contributed by atoms with van der Waals surface area (Å²) in [7, 11) is 1.69. The van der Waals surface area contributed by atoms with E-state index in [1.807, 2.05) is 18.7 Å². The molecule has 0 spiro atoms. The fourth-order valence-corrected chi connectivity index (χ4v) is 2.31. The summed E-state index contributed by atoms with van der Waals surface area (Å²) in [5, 5.41) is 3.19. The summed E-state index contributed by atoms with van der Waals surface area (Å²) in [5.41, 5.74) is 5.45. The third kappa shape index (κ3) is 3.70. The minimum absolute atomic E-state index is 0.212. The predicted molar refractivity (Wildman–Crippen MR) is 81.5 cm³/mol. The van der Waals surface area contributed by atoms with Crippen LogP contribution in [-0.2, 0) is 9.47 Å². The van der Waals surface area contributed by atoms with Gasteiger partial charge in [-0.3, -0.25) is 0 Å². The molecule has 0 bridgehead atoms. The van der Waals surface area contributed by atoms with Crippen LogP contribution in [-0.4, -0.2) is 60.5 Å². The Kier molecular flexibility index (Phi) is 5.13. The Labute approximate surface area is 125 Å². The number of rotatable bonds is 7. The second kappa shape index (κ2) is 6.86. The third-order valence-corrected chi connectivity index (χ3v) is 3.76. The molecule has 1 fully saturated rings. The van der Waals surface area contributed by atoms with Crippen LogP contribution in [0, 0.1) is 0 Å². The highest BCUT2D eigenvalue weighted by Gasteiger charge is 2.35. The first kappa shape index (κ1) is 15.7. The maximum atomic E-state index is 5.77. The first-order chi connectivity index (χ1) is 10.1. The van der Waals surface area contributed by atoms with Gasteiger partial charge in [-0.25, -0.2) is 0 Å². The summed E-state index contributed by atoms with van der Waals surface area (Å²) in [6.45, 7) is 7.58. The van der Waals surface area contributed by atoms with Crippen LogP contribution in [0.4, 0.5) is 17.8 Å². The van der Waals surface area contributed by atoms with Crippen LogP contribution in [0.1, 0.15) is 20.3 Å². The molecular weight excluding hydrogens is 272 g/mol. The molecule has 0 saturated carbocycles. The summed E-state index contributed by atoms with van der Waals surface area (Å²) in [4.78, 5) is 14.8. The first-order valence-corrected chi connectivity index (χ1v) is 7.25. The Balaban J connectivity index is 2.09. The summed E-state index contributed by atoms with van der Waals surface area (Å²) in [6, 6.07) is 0. The fourth-order valence-electron chi connectivity index (χ4n) is 2.31. The van der Waals surface area contributed by atoms with Gasteiger partial charge in [0.25, 0.3) is 0 Å². The van der Waals surface area contributed by atoms with Crippen molar-refractivity contribution < 1.29 is 9.47 Å². The minimum atomic E-state index is -0.323. The molecule has 1 aromatic rings. The van der Waals surface area contributed by atoms with Gasteiger partial charge in [-0.05, 0) is 13.8 Å². The average Bonchev–Trinajstić information content (AvgIpc) is 2.95. The van der Waals surface area contributed by atoms with E-state index in [1.54, 1.807) is 7.11 Å². The predicted octanol–water partition coefficient (Wildman–Crippen LogP) is 0.517. The van der Waals surface area contributed by atoms with E-state index < -0.39 is 0 Å². The Hall–Kier alpha value is -1.67. The van der Waals surface area contributed by atoms with Crippen molar-refractivity contribution in [3.8, 4) is 0 Å². The van der Waals surface area contributed by atoms with Gasteiger partial charge in [0.05, 0.1) is 6.61 Å². The van der Waals surface area contributed by atoms with Gasteiger partial charge >= 0.3 is 0 Å². The normalized spacial score (nSPS) is 21.5. The van der Waals surface area contributed by atoms with Gasteiger partial charge in [0.2, 0.25) is 17.8 Å². The minimum Gasteiger partial charge on any atom is -0.378 e. The number of nitrogens with zero attached hydrogens (tertiary/aromatic N) is 4. The van der Waals surface area contributed by atoms with Gasteiger partial charge < -0.3 is 25.4 Å². The van der Waals surface area contributed by atoms with Crippen LogP contribution in [0.25, 0.3) is 0 Å². The number of aromatic nitrogens is 3. The fraction of sp³-hybridized carbons (Fsp3) is 0.769. The zero-order valence-electron chi connectivity index (χ0n) is 12.9. The van der Waals surface area contributed by atoms with Crippen LogP contribution in [0.3, 0.4) is 0 Å². The van der Waals surface area contributed by atoms with Gasteiger partial charge in [0.1, 0.15) is 5.60 Å². The van der Waals surface area contributed by atoms with Crippen LogP contribution >= 0.6 is 0 Å². The number of hydrogen-bond acceptors (Lipinski definition) is 8. The molecule has 0 aromatic carbocycles. The third-order valence-electron chi connectivity index (χ3n) is 3.76. The lowest BCUT2D eigenvalue weighted by molar-refractivity contribution is -0.00631. The number of nitrogens with one attached hydrogen (secondary N) is 1. The number of methoxy groups -OCH3 is 1. The Morgan fingerprint density at radius 3 is 2.67 bits per heavy atom. The van der Waals surface area contributed by atoms with Crippen molar-refractivity contribution >= 4 is 17.8 Å². The van der Waals surface area contributed by atoms with E-state index in [0.29, 0.717) is 31.7 Å². The molecule has 21 heavy (non-hydrogen) atoms. The molecule has 1 atom stereocenters. The molecule has 2 heterocycles. The molecule has 1 aromatic heterocycles. The second-order valence-electron chi connectivity index (χ2n) is 5.03. The summed E-state index contributed by atoms with van der Waals surface area (Å²) < 4.78 is 11.0. The van der Waals surface area contributed by atoms with E-state index >= 15 is 0 Å². The number of ether oxygens (including phenoxy) is 2. The summed E-state index contributed by atoms with van der Waals surface area (Å²) >= 11 is 0. The lowest BCUT2D eigenvalue weighted by Gasteiger charge is -2.26. The number of anilines is 3. The van der Waals surface area contributed by atoms with Crippen molar-refractivity contribution in [2.24, 2.45) is 0 Å². The molecular formula is C13H24N6O2. The van der Waals surface area contributed by atoms with E-state index in [-0.39, 0.29) is 11.5 Å². The van der Waals surface area contributed by atoms with Crippen LogP contribution < -0.4 is 16.0 Å². The lowest BCUT2D eigenvalue weighted by Crippen LogP contribution is -2.40. The highest BCUT2D eigenvalue weighted by molar-refractivity contribution is 5.41. The smallest absolute Gasteiger partial charge is 0.231 e. The molecule has 0 radical (unpaired) electrons. The molecule has 8 heteroatoms. The molecule has 2 rings (SSSR count). The summed E-state index contributed by atoms with van der Waals surface area (Å²) in [5.74, 6) is 1.26. The van der Waals surface area contributed by atoms with E-state index in [1.165, 1.54) is 0 Å². The second-order valence-corrected chi connectivity index (χ2v) is 5.03. The zero-order chi connectivity index (χ0) is 15.3. The lowest BCUT2D eigenvalue weighted by atomic mass is 10.0. The quantitative estimate of drug-likeness (QED) is 0.751. The van der Waals surface area contributed by atoms with Gasteiger partial charge in [0, 0.05) is 39.8 Å². The van der Waals surface area contributed by atoms with Crippen molar-refractivity contribution in [3.63, 3.8) is 0 Å². The van der Waals surface area contributed by atoms with Gasteiger partial charge in [-0.2, -0.15) is 15.0 Å². The number of nitrogen functional groups attached to an aromatic ring is 1. The van der Waals surface area contributed by atoms with Gasteiger partial charge in [-0.15, -0.1) is 0 Å². The molecule has 0 aliphatic carbocycles. The Bertz CT molecular complexity index is 460. The number of nitrogens with two attached hydrogens (primary N) is 1. The number of hydrogen-bond donors (Lipinski definition) is 2. The van der Waals surface area contributed by atoms with Crippen LogP contribution in [0.15, 0.2) is 0 Å². The Morgan fingerprint density at radius 2 is 2.10 bits per heavy atom. The highest BCUT2D eigenvalue weighted by atomic mass is 16.5. The van der Waals surface area contributed by atoms with Crippen LogP contribution in [0.5, 0.6) is 0 Å². The van der Waals surface area contributed by atoms with E-state index in [2.05, 4.69) is 20.3 Å². The van der Waals surface area contributed by atoms with Crippen LogP contribution in [0.2, 0.25) is 0 Å². The van der Waals surface area contributed by atoms with Crippen molar-refractivity contribution in [2.75, 3.05) is 55.9 Å². The molecule has 1 unspecified atom stereocenters. The van der Waals surface area contributed by atoms with E-state index in [4.69, 9.17) is 15.2 Å². The van der Waals surface area contributed by atoms with Crippen molar-refractivity contribution in [3.05, 3.63) is 0 Å².